The lowest BCUT2D eigenvalue weighted by Crippen LogP contribution is -2.57. The van der Waals surface area contributed by atoms with E-state index in [2.05, 4.69) is 52.7 Å². The molecule has 0 radical (unpaired) electrons. The molecule has 7 nitrogen and oxygen atoms in total. The van der Waals surface area contributed by atoms with E-state index in [1.54, 1.807) is 0 Å². The van der Waals surface area contributed by atoms with E-state index in [1.807, 2.05) is 0 Å². The molecule has 2 N–H and O–H groups in total. The van der Waals surface area contributed by atoms with Crippen LogP contribution in [0.5, 0.6) is 0 Å². The molecule has 3 unspecified atom stereocenters. The fourth-order valence-corrected chi connectivity index (χ4v) is 4.26. The minimum Gasteiger partial charge on any atom is -0.373 e. The molecule has 3 atom stereocenters. The van der Waals surface area contributed by atoms with Crippen molar-refractivity contribution in [1.82, 2.24) is 25.0 Å². The van der Waals surface area contributed by atoms with Crippen LogP contribution in [-0.2, 0) is 16.0 Å². The number of nitrogens with one attached hydrogen (secondary N) is 2. The number of carbonyl (C=O) groups excluding carboxylic acids is 1. The number of aromatic nitrogens is 3. The van der Waals surface area contributed by atoms with E-state index in [4.69, 9.17) is 17.0 Å². The molecule has 0 spiro atoms. The molecule has 1 saturated carbocycles. The zero-order valence-electron chi connectivity index (χ0n) is 16.2. The van der Waals surface area contributed by atoms with Crippen LogP contribution in [0, 0.1) is 10.7 Å². The Labute approximate surface area is 160 Å². The summed E-state index contributed by atoms with van der Waals surface area (Å²) in [6.07, 6.45) is 3.32. The Morgan fingerprint density at radius 2 is 2.00 bits per heavy atom. The summed E-state index contributed by atoms with van der Waals surface area (Å²) in [5, 5.41) is 10.3. The average Bonchev–Trinajstić information content (AvgIpc) is 3.30. The summed E-state index contributed by atoms with van der Waals surface area (Å²) >= 11 is 5.31. The van der Waals surface area contributed by atoms with Gasteiger partial charge in [-0.1, -0.05) is 13.8 Å². The van der Waals surface area contributed by atoms with Crippen molar-refractivity contribution in [2.75, 3.05) is 19.6 Å². The Balaban J connectivity index is 1.58. The van der Waals surface area contributed by atoms with Gasteiger partial charge >= 0.3 is 0 Å². The first-order valence-corrected chi connectivity index (χ1v) is 10.1. The number of hydrogen-bond donors (Lipinski definition) is 2. The van der Waals surface area contributed by atoms with E-state index < -0.39 is 0 Å². The second kappa shape index (κ2) is 8.19. The third kappa shape index (κ3) is 4.53. The minimum atomic E-state index is -0.131. The van der Waals surface area contributed by atoms with Gasteiger partial charge in [-0.3, -0.25) is 14.8 Å². The number of rotatable bonds is 7. The molecule has 0 bridgehead atoms. The topological polar surface area (TPSA) is 75.2 Å². The van der Waals surface area contributed by atoms with Gasteiger partial charge in [-0.05, 0) is 44.8 Å². The smallest absolute Gasteiger partial charge is 0.237 e. The first-order valence-electron chi connectivity index (χ1n) is 9.69. The monoisotopic (exact) mass is 381 g/mol. The summed E-state index contributed by atoms with van der Waals surface area (Å²) in [6.45, 7) is 10.5. The third-order valence-electron chi connectivity index (χ3n) is 5.08. The minimum absolute atomic E-state index is 0.0911. The second-order valence-electron chi connectivity index (χ2n) is 7.99. The van der Waals surface area contributed by atoms with E-state index in [1.165, 1.54) is 0 Å². The normalized spacial score (nSPS) is 25.4. The Kier molecular flexibility index (Phi) is 6.14. The number of ether oxygens (including phenoxy) is 1. The lowest BCUT2D eigenvalue weighted by molar-refractivity contribution is -0.135. The van der Waals surface area contributed by atoms with Gasteiger partial charge < -0.3 is 14.6 Å². The van der Waals surface area contributed by atoms with Crippen molar-refractivity contribution in [1.29, 1.82) is 0 Å². The van der Waals surface area contributed by atoms with Crippen molar-refractivity contribution in [3.05, 3.63) is 10.6 Å². The van der Waals surface area contributed by atoms with Crippen LogP contribution in [0.4, 0.5) is 0 Å². The first-order chi connectivity index (χ1) is 12.4. The quantitative estimate of drug-likeness (QED) is 0.707. The van der Waals surface area contributed by atoms with Crippen LogP contribution in [0.1, 0.15) is 52.4 Å². The van der Waals surface area contributed by atoms with E-state index in [0.717, 1.165) is 31.8 Å². The summed E-state index contributed by atoms with van der Waals surface area (Å²) in [5.74, 6) is 1.27. The maximum absolute atomic E-state index is 12.9. The van der Waals surface area contributed by atoms with E-state index in [-0.39, 0.29) is 30.1 Å². The molecule has 1 aromatic heterocycles. The number of H-pyrrole nitrogens is 1. The number of aromatic amines is 1. The summed E-state index contributed by atoms with van der Waals surface area (Å²) in [6, 6.07) is 0.361. The lowest BCUT2D eigenvalue weighted by atomic mass is 9.99. The number of carbonyl (C=O) groups is 1. The molecular weight excluding hydrogens is 350 g/mol. The Morgan fingerprint density at radius 3 is 2.58 bits per heavy atom. The van der Waals surface area contributed by atoms with Gasteiger partial charge in [0.1, 0.15) is 5.82 Å². The van der Waals surface area contributed by atoms with Gasteiger partial charge in [0.25, 0.3) is 0 Å². The number of morpholine rings is 1. The van der Waals surface area contributed by atoms with E-state index >= 15 is 0 Å². The SMILES string of the molecule is CC1CN(C(C(=O)NCCc2n[nH]c(=S)n2C2CC2)C(C)C)CC(C)O1. The van der Waals surface area contributed by atoms with E-state index in [9.17, 15) is 4.79 Å². The molecule has 26 heavy (non-hydrogen) atoms. The second-order valence-corrected chi connectivity index (χ2v) is 8.37. The van der Waals surface area contributed by atoms with Gasteiger partial charge in [-0.25, -0.2) is 0 Å². The Morgan fingerprint density at radius 1 is 1.35 bits per heavy atom. The highest BCUT2D eigenvalue weighted by Crippen LogP contribution is 2.35. The van der Waals surface area contributed by atoms with Crippen LogP contribution in [0.3, 0.4) is 0 Å². The molecule has 8 heteroatoms. The predicted octanol–water partition coefficient (Wildman–Crippen LogP) is 2.07. The van der Waals surface area contributed by atoms with Gasteiger partial charge in [0.15, 0.2) is 4.77 Å². The molecule has 146 valence electrons. The Hall–Kier alpha value is -1.25. The molecule has 1 aliphatic heterocycles. The summed E-state index contributed by atoms with van der Waals surface area (Å²) in [7, 11) is 0. The number of nitrogens with zero attached hydrogens (tertiary/aromatic N) is 3. The number of amides is 1. The van der Waals surface area contributed by atoms with E-state index in [0.29, 0.717) is 23.8 Å². The highest BCUT2D eigenvalue weighted by atomic mass is 32.1. The largest absolute Gasteiger partial charge is 0.373 e. The molecule has 2 fully saturated rings. The van der Waals surface area contributed by atoms with Crippen molar-refractivity contribution >= 4 is 18.1 Å². The van der Waals surface area contributed by atoms with Gasteiger partial charge in [0, 0.05) is 32.1 Å². The van der Waals surface area contributed by atoms with Crippen molar-refractivity contribution in [3.63, 3.8) is 0 Å². The van der Waals surface area contributed by atoms with Crippen LogP contribution in [-0.4, -0.2) is 63.5 Å². The fraction of sp³-hybridized carbons (Fsp3) is 0.833. The molecule has 1 amide bonds. The van der Waals surface area contributed by atoms with Gasteiger partial charge in [0.2, 0.25) is 5.91 Å². The van der Waals surface area contributed by atoms with Crippen molar-refractivity contribution in [2.45, 2.75) is 71.2 Å². The van der Waals surface area contributed by atoms with Crippen molar-refractivity contribution in [3.8, 4) is 0 Å². The van der Waals surface area contributed by atoms with Crippen LogP contribution >= 0.6 is 12.2 Å². The van der Waals surface area contributed by atoms with Crippen molar-refractivity contribution < 1.29 is 9.53 Å². The fourth-order valence-electron chi connectivity index (χ4n) is 3.96. The molecule has 0 aromatic carbocycles. The molecule has 3 rings (SSSR count). The predicted molar refractivity (Wildman–Crippen MR) is 103 cm³/mol. The lowest BCUT2D eigenvalue weighted by Gasteiger charge is -2.41. The first kappa shape index (κ1) is 19.5. The zero-order chi connectivity index (χ0) is 18.8. The molecule has 1 aliphatic carbocycles. The molecule has 2 aliphatic rings. The third-order valence-corrected chi connectivity index (χ3v) is 5.37. The zero-order valence-corrected chi connectivity index (χ0v) is 17.0. The average molecular weight is 382 g/mol. The molecular formula is C18H31N5O2S. The standard InChI is InChI=1S/C18H31N5O2S/c1-11(2)16(22-9-12(3)25-13(4)10-22)17(24)19-8-7-15-20-21-18(26)23(15)14-5-6-14/h11-14,16H,5-10H2,1-4H3,(H,19,24)(H,21,26). The van der Waals surface area contributed by atoms with Gasteiger partial charge in [-0.2, -0.15) is 5.10 Å². The maximum atomic E-state index is 12.9. The molecule has 1 saturated heterocycles. The van der Waals surface area contributed by atoms with Crippen LogP contribution < -0.4 is 5.32 Å². The summed E-state index contributed by atoms with van der Waals surface area (Å²) in [4.78, 5) is 15.1. The number of hydrogen-bond acceptors (Lipinski definition) is 5. The Bertz CT molecular complexity index is 671. The summed E-state index contributed by atoms with van der Waals surface area (Å²) in [5.41, 5.74) is 0. The van der Waals surface area contributed by atoms with Crippen LogP contribution in [0.15, 0.2) is 0 Å². The molecule has 1 aromatic rings. The highest BCUT2D eigenvalue weighted by molar-refractivity contribution is 7.71. The highest BCUT2D eigenvalue weighted by Gasteiger charge is 2.34. The summed E-state index contributed by atoms with van der Waals surface area (Å²) < 4.78 is 8.60. The molecule has 2 heterocycles. The maximum Gasteiger partial charge on any atom is 0.237 e. The van der Waals surface area contributed by atoms with Crippen LogP contribution in [0.25, 0.3) is 0 Å². The van der Waals surface area contributed by atoms with Gasteiger partial charge in [-0.15, -0.1) is 0 Å². The van der Waals surface area contributed by atoms with Gasteiger partial charge in [0.05, 0.1) is 18.2 Å². The van der Waals surface area contributed by atoms with Crippen molar-refractivity contribution in [2.24, 2.45) is 5.92 Å². The van der Waals surface area contributed by atoms with Crippen LogP contribution in [0.2, 0.25) is 0 Å².